The molecule has 2 aliphatic heterocycles. The van der Waals surface area contributed by atoms with Crippen LogP contribution in [0.15, 0.2) is 90.1 Å². The summed E-state index contributed by atoms with van der Waals surface area (Å²) in [4.78, 5) is 32.9. The number of carbonyl (C=O) groups is 2. The van der Waals surface area contributed by atoms with E-state index >= 15 is 0 Å². The maximum Gasteiger partial charge on any atom is 0.410 e. The minimum absolute atomic E-state index is 0.186. The minimum atomic E-state index is -0.954. The Kier molecular flexibility index (Phi) is 8.54. The Morgan fingerprint density at radius 1 is 0.951 bits per heavy atom. The number of rotatable bonds is 7. The van der Waals surface area contributed by atoms with E-state index in [1.54, 1.807) is 17.3 Å². The van der Waals surface area contributed by atoms with Crippen LogP contribution in [0.3, 0.4) is 0 Å². The van der Waals surface area contributed by atoms with E-state index in [2.05, 4.69) is 35.3 Å². The van der Waals surface area contributed by atoms with Crippen LogP contribution in [0.5, 0.6) is 0 Å². The first kappa shape index (κ1) is 28.6. The molecule has 0 spiro atoms. The van der Waals surface area contributed by atoms with Gasteiger partial charge in [-0.3, -0.25) is 9.79 Å². The smallest absolute Gasteiger partial charge is 0.410 e. The quantitative estimate of drug-likeness (QED) is 0.304. The van der Waals surface area contributed by atoms with E-state index in [1.807, 2.05) is 69.3 Å². The first-order valence-corrected chi connectivity index (χ1v) is 14.2. The number of piperidine rings is 1. The molecule has 0 aliphatic carbocycles. The molecule has 2 aliphatic rings. The van der Waals surface area contributed by atoms with Crippen LogP contribution in [0.2, 0.25) is 0 Å². The molecule has 1 saturated heterocycles. The van der Waals surface area contributed by atoms with Gasteiger partial charge in [0.15, 0.2) is 0 Å². The van der Waals surface area contributed by atoms with Crippen molar-refractivity contribution in [3.8, 4) is 0 Å². The monoisotopic (exact) mass is 554 g/mol. The van der Waals surface area contributed by atoms with Crippen LogP contribution in [0.1, 0.15) is 44.7 Å². The van der Waals surface area contributed by atoms with Crippen molar-refractivity contribution in [2.45, 2.75) is 58.5 Å². The number of aliphatic imine (C=N–C) groups is 1. The number of benzene rings is 3. The molecular weight excluding hydrogens is 516 g/mol. The Hall–Kier alpha value is -3.97. The highest BCUT2D eigenvalue weighted by Crippen LogP contribution is 2.44. The van der Waals surface area contributed by atoms with Crippen molar-refractivity contribution < 1.29 is 23.8 Å². The standard InChI is InChI=1S/C34H38N2O5/c1-33(2,3)41-32(38)36-20-15-29(30(22-36)39-24-26-13-14-27-11-7-8-12-28(27)21-26)34(16-18-35-19-17-34)31(37)40-23-25-9-5-4-6-10-25/h4-14,16,18-19,21,29-30H,15,17,20,22-24H2,1-3H3. The fourth-order valence-electron chi connectivity index (χ4n) is 5.64. The van der Waals surface area contributed by atoms with Crippen LogP contribution in [0.25, 0.3) is 10.8 Å². The molecule has 0 saturated carbocycles. The van der Waals surface area contributed by atoms with E-state index in [4.69, 9.17) is 14.2 Å². The zero-order valence-electron chi connectivity index (χ0n) is 24.0. The SMILES string of the molecule is CC(C)(C)OC(=O)N1CCC(C2(C(=O)OCc3ccccc3)C=CN=CC2)C(OCc2ccc3ccccc3c2)C1. The molecule has 7 heteroatoms. The van der Waals surface area contributed by atoms with E-state index < -0.39 is 17.1 Å². The van der Waals surface area contributed by atoms with Crippen LogP contribution in [-0.2, 0) is 32.2 Å². The molecule has 7 nitrogen and oxygen atoms in total. The van der Waals surface area contributed by atoms with Crippen LogP contribution in [0.4, 0.5) is 4.79 Å². The molecule has 0 radical (unpaired) electrons. The van der Waals surface area contributed by atoms with Gasteiger partial charge in [-0.25, -0.2) is 4.79 Å². The van der Waals surface area contributed by atoms with Gasteiger partial charge in [-0.2, -0.15) is 0 Å². The fourth-order valence-corrected chi connectivity index (χ4v) is 5.64. The van der Waals surface area contributed by atoms with Gasteiger partial charge in [0.25, 0.3) is 0 Å². The van der Waals surface area contributed by atoms with Crippen molar-refractivity contribution in [2.75, 3.05) is 13.1 Å². The van der Waals surface area contributed by atoms with Gasteiger partial charge in [0, 0.05) is 31.3 Å². The molecule has 3 unspecified atom stereocenters. The Bertz CT molecular complexity index is 1430. The van der Waals surface area contributed by atoms with Gasteiger partial charge in [-0.15, -0.1) is 0 Å². The molecule has 1 fully saturated rings. The summed E-state index contributed by atoms with van der Waals surface area (Å²) in [5, 5.41) is 2.30. The second-order valence-corrected chi connectivity index (χ2v) is 11.8. The molecule has 214 valence electrons. The van der Waals surface area contributed by atoms with Crippen molar-refractivity contribution in [3.05, 3.63) is 96.2 Å². The summed E-state index contributed by atoms with van der Waals surface area (Å²) in [6.45, 7) is 6.87. The number of nitrogens with zero attached hydrogens (tertiary/aromatic N) is 2. The summed E-state index contributed by atoms with van der Waals surface area (Å²) in [6, 6.07) is 24.1. The van der Waals surface area contributed by atoms with Crippen molar-refractivity contribution in [1.29, 1.82) is 0 Å². The lowest BCUT2D eigenvalue weighted by atomic mass is 9.67. The third-order valence-corrected chi connectivity index (χ3v) is 7.74. The Morgan fingerprint density at radius 2 is 1.71 bits per heavy atom. The zero-order valence-corrected chi connectivity index (χ0v) is 24.0. The van der Waals surface area contributed by atoms with E-state index in [0.29, 0.717) is 32.5 Å². The lowest BCUT2D eigenvalue weighted by molar-refractivity contribution is -0.164. The molecule has 3 atom stereocenters. The molecule has 1 amide bonds. The number of hydrogen-bond acceptors (Lipinski definition) is 6. The summed E-state index contributed by atoms with van der Waals surface area (Å²) in [5.74, 6) is -0.535. The summed E-state index contributed by atoms with van der Waals surface area (Å²) < 4.78 is 18.2. The average Bonchev–Trinajstić information content (AvgIpc) is 2.98. The zero-order chi connectivity index (χ0) is 28.9. The number of amides is 1. The van der Waals surface area contributed by atoms with Gasteiger partial charge < -0.3 is 19.1 Å². The van der Waals surface area contributed by atoms with Gasteiger partial charge in [-0.05, 0) is 61.2 Å². The summed E-state index contributed by atoms with van der Waals surface area (Å²) >= 11 is 0. The number of fused-ring (bicyclic) bond motifs is 1. The van der Waals surface area contributed by atoms with Gasteiger partial charge in [0.05, 0.1) is 24.7 Å². The van der Waals surface area contributed by atoms with Crippen molar-refractivity contribution in [3.63, 3.8) is 0 Å². The van der Waals surface area contributed by atoms with Gasteiger partial charge in [-0.1, -0.05) is 66.7 Å². The topological polar surface area (TPSA) is 77.4 Å². The first-order valence-electron chi connectivity index (χ1n) is 14.2. The van der Waals surface area contributed by atoms with Gasteiger partial charge in [0.1, 0.15) is 12.2 Å². The molecule has 41 heavy (non-hydrogen) atoms. The van der Waals surface area contributed by atoms with Crippen molar-refractivity contribution in [1.82, 2.24) is 4.90 Å². The summed E-state index contributed by atoms with van der Waals surface area (Å²) in [5.41, 5.74) is 0.386. The van der Waals surface area contributed by atoms with Crippen LogP contribution >= 0.6 is 0 Å². The van der Waals surface area contributed by atoms with Gasteiger partial charge in [0.2, 0.25) is 0 Å². The Morgan fingerprint density at radius 3 is 2.44 bits per heavy atom. The number of esters is 1. The number of ether oxygens (including phenoxy) is 3. The second-order valence-electron chi connectivity index (χ2n) is 11.8. The minimum Gasteiger partial charge on any atom is -0.460 e. The predicted molar refractivity (Wildman–Crippen MR) is 159 cm³/mol. The van der Waals surface area contributed by atoms with Crippen LogP contribution < -0.4 is 0 Å². The highest BCUT2D eigenvalue weighted by Gasteiger charge is 2.51. The molecule has 0 bridgehead atoms. The third kappa shape index (κ3) is 6.85. The fraction of sp³-hybridized carbons (Fsp3) is 0.382. The third-order valence-electron chi connectivity index (χ3n) is 7.74. The maximum absolute atomic E-state index is 13.9. The van der Waals surface area contributed by atoms with Crippen molar-refractivity contribution >= 4 is 29.0 Å². The lowest BCUT2D eigenvalue weighted by Gasteiger charge is -2.46. The first-order chi connectivity index (χ1) is 19.7. The van der Waals surface area contributed by atoms with E-state index in [0.717, 1.165) is 21.9 Å². The molecule has 3 aromatic rings. The van der Waals surface area contributed by atoms with E-state index in [9.17, 15) is 9.59 Å². The molecule has 3 aromatic carbocycles. The summed E-state index contributed by atoms with van der Waals surface area (Å²) in [7, 11) is 0. The molecule has 2 heterocycles. The Balaban J connectivity index is 1.40. The maximum atomic E-state index is 13.9. The van der Waals surface area contributed by atoms with E-state index in [-0.39, 0.29) is 24.6 Å². The largest absolute Gasteiger partial charge is 0.460 e. The van der Waals surface area contributed by atoms with E-state index in [1.165, 1.54) is 0 Å². The molecule has 5 rings (SSSR count). The normalized spacial score (nSPS) is 22.5. The highest BCUT2D eigenvalue weighted by atomic mass is 16.6. The van der Waals surface area contributed by atoms with Crippen LogP contribution in [-0.4, -0.2) is 48.0 Å². The Labute approximate surface area is 241 Å². The lowest BCUT2D eigenvalue weighted by Crippen LogP contribution is -2.55. The number of likely N-dealkylation sites (tertiary alicyclic amines) is 1. The predicted octanol–water partition coefficient (Wildman–Crippen LogP) is 6.70. The highest BCUT2D eigenvalue weighted by molar-refractivity contribution is 5.85. The second kappa shape index (κ2) is 12.3. The number of carbonyl (C=O) groups excluding carboxylic acids is 2. The summed E-state index contributed by atoms with van der Waals surface area (Å²) in [6.07, 6.45) is 5.46. The van der Waals surface area contributed by atoms with Crippen molar-refractivity contribution in [2.24, 2.45) is 16.3 Å². The molecule has 0 aromatic heterocycles. The van der Waals surface area contributed by atoms with Gasteiger partial charge >= 0.3 is 12.1 Å². The number of hydrogen-bond donors (Lipinski definition) is 0. The average molecular weight is 555 g/mol. The molecular formula is C34H38N2O5. The van der Waals surface area contributed by atoms with Crippen LogP contribution in [0, 0.1) is 11.3 Å². The molecule has 0 N–H and O–H groups in total.